The zero-order valence-electron chi connectivity index (χ0n) is 16.0. The molecule has 1 spiro atoms. The first-order valence-electron chi connectivity index (χ1n) is 10.0. The van der Waals surface area contributed by atoms with E-state index in [4.69, 9.17) is 9.47 Å². The third-order valence-electron chi connectivity index (χ3n) is 6.61. The fourth-order valence-corrected chi connectivity index (χ4v) is 5.25. The van der Waals surface area contributed by atoms with Gasteiger partial charge in [0, 0.05) is 30.6 Å². The van der Waals surface area contributed by atoms with E-state index in [-0.39, 0.29) is 36.1 Å². The summed E-state index contributed by atoms with van der Waals surface area (Å²) in [5, 5.41) is 9.75. The molecule has 1 N–H and O–H groups in total. The zero-order chi connectivity index (χ0) is 19.3. The first-order valence-corrected chi connectivity index (χ1v) is 10.0. The lowest BCUT2D eigenvalue weighted by atomic mass is 9.74. The maximum absolute atomic E-state index is 13.0. The largest absolute Gasteiger partial charge is 0.457 e. The van der Waals surface area contributed by atoms with Crippen molar-refractivity contribution >= 4 is 5.91 Å². The monoisotopic (exact) mass is 379 g/mol. The van der Waals surface area contributed by atoms with Gasteiger partial charge in [0.2, 0.25) is 0 Å². The smallest absolute Gasteiger partial charge is 0.253 e. The minimum Gasteiger partial charge on any atom is -0.457 e. The number of fused-ring (bicyclic) bond motifs is 1. The van der Waals surface area contributed by atoms with Gasteiger partial charge in [0.15, 0.2) is 0 Å². The highest BCUT2D eigenvalue weighted by molar-refractivity contribution is 5.94. The molecule has 4 atom stereocenters. The van der Waals surface area contributed by atoms with E-state index >= 15 is 0 Å². The van der Waals surface area contributed by atoms with Crippen molar-refractivity contribution in [1.29, 1.82) is 0 Å². The molecule has 2 aromatic rings. The molecule has 0 aromatic heterocycles. The number of aryl methyl sites for hydroxylation is 1. The van der Waals surface area contributed by atoms with Gasteiger partial charge in [0.1, 0.15) is 11.5 Å². The summed E-state index contributed by atoms with van der Waals surface area (Å²) in [6.07, 6.45) is 2.16. The van der Waals surface area contributed by atoms with E-state index in [1.165, 1.54) is 0 Å². The lowest BCUT2D eigenvalue weighted by Crippen LogP contribution is -2.38. The number of hydrogen-bond acceptors (Lipinski definition) is 4. The van der Waals surface area contributed by atoms with E-state index in [0.717, 1.165) is 24.2 Å². The Morgan fingerprint density at radius 1 is 1.25 bits per heavy atom. The Kier molecular flexibility index (Phi) is 4.18. The molecule has 0 aliphatic carbocycles. The van der Waals surface area contributed by atoms with Crippen LogP contribution in [0.4, 0.5) is 0 Å². The molecule has 3 aliphatic rings. The first-order chi connectivity index (χ1) is 13.6. The average molecular weight is 379 g/mol. The third kappa shape index (κ3) is 2.81. The van der Waals surface area contributed by atoms with Crippen molar-refractivity contribution in [3.05, 3.63) is 59.7 Å². The number of amides is 1. The van der Waals surface area contributed by atoms with E-state index in [9.17, 15) is 9.90 Å². The number of ether oxygens (including phenoxy) is 2. The number of carbonyl (C=O) groups excluding carboxylic acids is 1. The summed E-state index contributed by atoms with van der Waals surface area (Å²) in [6.45, 7) is 3.47. The summed E-state index contributed by atoms with van der Waals surface area (Å²) in [5.74, 6) is 1.94. The van der Waals surface area contributed by atoms with Gasteiger partial charge in [-0.3, -0.25) is 4.79 Å². The number of aliphatic hydroxyl groups is 1. The van der Waals surface area contributed by atoms with Gasteiger partial charge in [-0.25, -0.2) is 0 Å². The Balaban J connectivity index is 1.29. The highest BCUT2D eigenvalue weighted by atomic mass is 16.5. The van der Waals surface area contributed by atoms with Gasteiger partial charge in [0.25, 0.3) is 5.91 Å². The van der Waals surface area contributed by atoms with Crippen LogP contribution in [0, 0.1) is 18.8 Å². The van der Waals surface area contributed by atoms with Gasteiger partial charge in [0.05, 0.1) is 18.2 Å². The van der Waals surface area contributed by atoms with Gasteiger partial charge in [-0.1, -0.05) is 12.1 Å². The maximum Gasteiger partial charge on any atom is 0.253 e. The second kappa shape index (κ2) is 6.61. The Labute approximate surface area is 164 Å². The van der Waals surface area contributed by atoms with Crippen LogP contribution in [0.1, 0.15) is 28.8 Å². The molecule has 3 saturated heterocycles. The summed E-state index contributed by atoms with van der Waals surface area (Å²) >= 11 is 0. The minimum absolute atomic E-state index is 0.0228. The fraction of sp³-hybridized carbons (Fsp3) is 0.435. The van der Waals surface area contributed by atoms with Crippen molar-refractivity contribution in [2.45, 2.75) is 31.5 Å². The van der Waals surface area contributed by atoms with Gasteiger partial charge < -0.3 is 19.5 Å². The Hall–Kier alpha value is -2.37. The van der Waals surface area contributed by atoms with E-state index in [0.29, 0.717) is 24.4 Å². The molecule has 5 rings (SSSR count). The molecule has 5 heteroatoms. The van der Waals surface area contributed by atoms with E-state index in [1.54, 1.807) is 0 Å². The zero-order valence-corrected chi connectivity index (χ0v) is 16.0. The van der Waals surface area contributed by atoms with Crippen LogP contribution in [0.2, 0.25) is 0 Å². The molecule has 0 unspecified atom stereocenters. The molecule has 5 nitrogen and oxygen atoms in total. The number of aliphatic hydroxyl groups excluding tert-OH is 1. The molecule has 1 amide bonds. The Bertz CT molecular complexity index is 896. The lowest BCUT2D eigenvalue weighted by Gasteiger charge is -2.27. The quantitative estimate of drug-likeness (QED) is 0.885. The van der Waals surface area contributed by atoms with Crippen molar-refractivity contribution in [2.75, 3.05) is 19.7 Å². The van der Waals surface area contributed by atoms with Crippen molar-refractivity contribution in [3.8, 4) is 11.5 Å². The van der Waals surface area contributed by atoms with Crippen LogP contribution >= 0.6 is 0 Å². The van der Waals surface area contributed by atoms with Crippen LogP contribution in [0.5, 0.6) is 11.5 Å². The SMILES string of the molecule is Cc1cccc(Oc2ccc(C(=O)N3C[C@@H]4[C@H](CO)[C@H]5CC[C@]4(C3)O5)cc2)c1. The summed E-state index contributed by atoms with van der Waals surface area (Å²) in [5.41, 5.74) is 1.56. The summed E-state index contributed by atoms with van der Waals surface area (Å²) in [6, 6.07) is 15.2. The van der Waals surface area contributed by atoms with Crippen molar-refractivity contribution in [3.63, 3.8) is 0 Å². The van der Waals surface area contributed by atoms with Gasteiger partial charge in [-0.2, -0.15) is 0 Å². The molecule has 3 aliphatic heterocycles. The van der Waals surface area contributed by atoms with Crippen LogP contribution in [0.3, 0.4) is 0 Å². The fourth-order valence-electron chi connectivity index (χ4n) is 5.25. The standard InChI is InChI=1S/C23H25NO4/c1-15-3-2-4-18(11-15)27-17-7-5-16(6-8-17)22(26)24-12-20-19(13-25)21-9-10-23(20,14-24)28-21/h2-8,11,19-21,25H,9-10,12-14H2,1H3/t19-,20+,21+,23+/m0/s1. The van der Waals surface area contributed by atoms with Crippen LogP contribution < -0.4 is 4.74 Å². The summed E-state index contributed by atoms with van der Waals surface area (Å²) < 4.78 is 12.1. The number of likely N-dealkylation sites (tertiary alicyclic amines) is 1. The van der Waals surface area contributed by atoms with Gasteiger partial charge in [-0.05, 0) is 61.7 Å². The summed E-state index contributed by atoms with van der Waals surface area (Å²) in [7, 11) is 0. The van der Waals surface area contributed by atoms with Crippen molar-refractivity contribution < 1.29 is 19.4 Å². The number of hydrogen-bond donors (Lipinski definition) is 1. The van der Waals surface area contributed by atoms with Crippen LogP contribution in [-0.4, -0.2) is 47.3 Å². The Morgan fingerprint density at radius 3 is 2.82 bits per heavy atom. The van der Waals surface area contributed by atoms with Crippen LogP contribution in [0.15, 0.2) is 48.5 Å². The van der Waals surface area contributed by atoms with Crippen LogP contribution in [0.25, 0.3) is 0 Å². The molecular weight excluding hydrogens is 354 g/mol. The number of benzene rings is 2. The average Bonchev–Trinajstić information content (AvgIpc) is 3.36. The van der Waals surface area contributed by atoms with Crippen molar-refractivity contribution in [2.24, 2.45) is 11.8 Å². The Morgan fingerprint density at radius 2 is 2.07 bits per heavy atom. The predicted molar refractivity (Wildman–Crippen MR) is 105 cm³/mol. The molecule has 2 bridgehead atoms. The van der Waals surface area contributed by atoms with Gasteiger partial charge >= 0.3 is 0 Å². The molecule has 28 heavy (non-hydrogen) atoms. The maximum atomic E-state index is 13.0. The minimum atomic E-state index is -0.234. The second-order valence-electron chi connectivity index (χ2n) is 8.34. The number of rotatable bonds is 4. The lowest BCUT2D eigenvalue weighted by molar-refractivity contribution is 0.00154. The van der Waals surface area contributed by atoms with Gasteiger partial charge in [-0.15, -0.1) is 0 Å². The number of carbonyl (C=O) groups is 1. The third-order valence-corrected chi connectivity index (χ3v) is 6.61. The normalized spacial score (nSPS) is 30.5. The molecule has 3 heterocycles. The second-order valence-corrected chi connectivity index (χ2v) is 8.34. The summed E-state index contributed by atoms with van der Waals surface area (Å²) in [4.78, 5) is 14.9. The highest BCUT2D eigenvalue weighted by Crippen LogP contribution is 2.54. The molecule has 0 saturated carbocycles. The first kappa shape index (κ1) is 17.7. The van der Waals surface area contributed by atoms with Crippen molar-refractivity contribution in [1.82, 2.24) is 4.90 Å². The number of nitrogens with zero attached hydrogens (tertiary/aromatic N) is 1. The molecule has 3 fully saturated rings. The van der Waals surface area contributed by atoms with E-state index in [1.807, 2.05) is 60.4 Å². The molecular formula is C23H25NO4. The van der Waals surface area contributed by atoms with Crippen LogP contribution in [-0.2, 0) is 4.74 Å². The van der Waals surface area contributed by atoms with E-state index in [2.05, 4.69) is 0 Å². The molecule has 146 valence electrons. The molecule has 2 aromatic carbocycles. The highest BCUT2D eigenvalue weighted by Gasteiger charge is 2.63. The molecule has 0 radical (unpaired) electrons. The van der Waals surface area contributed by atoms with E-state index < -0.39 is 0 Å². The topological polar surface area (TPSA) is 59.0 Å². The predicted octanol–water partition coefficient (Wildman–Crippen LogP) is 3.40.